The Morgan fingerprint density at radius 2 is 1.80 bits per heavy atom. The minimum atomic E-state index is -1.52. The largest absolute Gasteiger partial charge is 0.502 e. The molecule has 0 aliphatic rings. The van der Waals surface area contributed by atoms with Crippen LogP contribution in [0, 0.1) is 0 Å². The molecule has 102 valence electrons. The van der Waals surface area contributed by atoms with Gasteiger partial charge in [0, 0.05) is 15.9 Å². The SMILES string of the molecule is O=C(O)C(O)=CC(=O)c1sccc1Sc1ccccc1. The first-order chi connectivity index (χ1) is 9.58. The molecule has 0 atom stereocenters. The fraction of sp³-hybridized carbons (Fsp3) is 0. The zero-order chi connectivity index (χ0) is 14.5. The number of benzene rings is 1. The van der Waals surface area contributed by atoms with Gasteiger partial charge in [0.2, 0.25) is 11.5 Å². The Bertz CT molecular complexity index is 659. The highest BCUT2D eigenvalue weighted by molar-refractivity contribution is 7.99. The minimum Gasteiger partial charge on any atom is -0.502 e. The second-order valence-corrected chi connectivity index (χ2v) is 5.76. The van der Waals surface area contributed by atoms with Crippen molar-refractivity contribution >= 4 is 34.9 Å². The van der Waals surface area contributed by atoms with E-state index in [0.717, 1.165) is 15.9 Å². The van der Waals surface area contributed by atoms with E-state index in [1.165, 1.54) is 23.1 Å². The van der Waals surface area contributed by atoms with Gasteiger partial charge in [-0.1, -0.05) is 30.0 Å². The Morgan fingerprint density at radius 1 is 1.10 bits per heavy atom. The molecule has 0 saturated heterocycles. The number of aliphatic hydroxyl groups excluding tert-OH is 1. The van der Waals surface area contributed by atoms with Crippen molar-refractivity contribution in [1.29, 1.82) is 0 Å². The standard InChI is InChI=1S/C14H10O4S2/c15-10(8-11(16)14(17)18)13-12(6-7-19-13)20-9-4-2-1-3-5-9/h1-8,16H,(H,17,18). The zero-order valence-electron chi connectivity index (χ0n) is 10.1. The number of aliphatic hydroxyl groups is 1. The summed E-state index contributed by atoms with van der Waals surface area (Å²) >= 11 is 2.63. The lowest BCUT2D eigenvalue weighted by molar-refractivity contribution is -0.135. The van der Waals surface area contributed by atoms with Crippen LogP contribution in [0.5, 0.6) is 0 Å². The van der Waals surface area contributed by atoms with Crippen LogP contribution >= 0.6 is 23.1 Å². The van der Waals surface area contributed by atoms with Crippen molar-refractivity contribution < 1.29 is 19.8 Å². The number of allylic oxidation sites excluding steroid dienone is 1. The van der Waals surface area contributed by atoms with Gasteiger partial charge in [-0.2, -0.15) is 0 Å². The third-order valence-corrected chi connectivity index (χ3v) is 4.44. The topological polar surface area (TPSA) is 74.6 Å². The molecule has 0 amide bonds. The number of rotatable bonds is 5. The summed E-state index contributed by atoms with van der Waals surface area (Å²) in [6.07, 6.45) is 0.725. The number of thiophene rings is 1. The Balaban J connectivity index is 2.23. The van der Waals surface area contributed by atoms with Crippen LogP contribution in [0.25, 0.3) is 0 Å². The van der Waals surface area contributed by atoms with Crippen LogP contribution in [0.15, 0.2) is 63.4 Å². The van der Waals surface area contributed by atoms with Gasteiger partial charge in [0.1, 0.15) is 0 Å². The van der Waals surface area contributed by atoms with Gasteiger partial charge in [-0.15, -0.1) is 11.3 Å². The van der Waals surface area contributed by atoms with Crippen LogP contribution in [0.2, 0.25) is 0 Å². The van der Waals surface area contributed by atoms with E-state index in [0.29, 0.717) is 4.88 Å². The van der Waals surface area contributed by atoms with Gasteiger partial charge in [0.15, 0.2) is 0 Å². The van der Waals surface area contributed by atoms with Gasteiger partial charge in [0.05, 0.1) is 4.88 Å². The summed E-state index contributed by atoms with van der Waals surface area (Å²) in [5.74, 6) is -3.00. The van der Waals surface area contributed by atoms with Crippen molar-refractivity contribution in [2.75, 3.05) is 0 Å². The van der Waals surface area contributed by atoms with Crippen LogP contribution in [-0.4, -0.2) is 22.0 Å². The van der Waals surface area contributed by atoms with Gasteiger partial charge < -0.3 is 10.2 Å². The second kappa shape index (κ2) is 6.40. The third-order valence-electron chi connectivity index (χ3n) is 2.31. The lowest BCUT2D eigenvalue weighted by atomic mass is 10.3. The van der Waals surface area contributed by atoms with E-state index in [4.69, 9.17) is 10.2 Å². The number of carboxylic acids is 1. The summed E-state index contributed by atoms with van der Waals surface area (Å²) in [7, 11) is 0. The molecule has 2 N–H and O–H groups in total. The molecule has 2 aromatic rings. The number of hydrogen-bond acceptors (Lipinski definition) is 5. The first kappa shape index (κ1) is 14.4. The number of ketones is 1. The van der Waals surface area contributed by atoms with Crippen LogP contribution in [-0.2, 0) is 4.79 Å². The van der Waals surface area contributed by atoms with E-state index in [9.17, 15) is 9.59 Å². The summed E-state index contributed by atoms with van der Waals surface area (Å²) in [5, 5.41) is 19.4. The van der Waals surface area contributed by atoms with Gasteiger partial charge in [-0.3, -0.25) is 4.79 Å². The van der Waals surface area contributed by atoms with Gasteiger partial charge in [-0.05, 0) is 23.6 Å². The summed E-state index contributed by atoms with van der Waals surface area (Å²) in [6, 6.07) is 11.3. The van der Waals surface area contributed by atoms with E-state index < -0.39 is 17.5 Å². The molecule has 0 saturated carbocycles. The van der Waals surface area contributed by atoms with Gasteiger partial charge >= 0.3 is 5.97 Å². The van der Waals surface area contributed by atoms with Crippen LogP contribution < -0.4 is 0 Å². The Hall–Kier alpha value is -2.05. The molecule has 0 spiro atoms. The molecule has 1 aromatic carbocycles. The maximum atomic E-state index is 11.9. The predicted molar refractivity (Wildman–Crippen MR) is 77.6 cm³/mol. The van der Waals surface area contributed by atoms with Crippen molar-refractivity contribution in [2.24, 2.45) is 0 Å². The van der Waals surface area contributed by atoms with Crippen molar-refractivity contribution in [2.45, 2.75) is 9.79 Å². The third kappa shape index (κ3) is 3.49. The van der Waals surface area contributed by atoms with Crippen molar-refractivity contribution in [3.8, 4) is 0 Å². The van der Waals surface area contributed by atoms with Gasteiger partial charge in [0.25, 0.3) is 0 Å². The molecule has 0 radical (unpaired) electrons. The van der Waals surface area contributed by atoms with Crippen molar-refractivity contribution in [3.63, 3.8) is 0 Å². The fourth-order valence-corrected chi connectivity index (χ4v) is 3.36. The van der Waals surface area contributed by atoms with Crippen molar-refractivity contribution in [3.05, 3.63) is 58.5 Å². The normalized spacial score (nSPS) is 11.3. The van der Waals surface area contributed by atoms with Crippen molar-refractivity contribution in [1.82, 2.24) is 0 Å². The second-order valence-electron chi connectivity index (χ2n) is 3.73. The number of carbonyl (C=O) groups is 2. The molecule has 2 rings (SSSR count). The quantitative estimate of drug-likeness (QED) is 0.501. The molecule has 0 aliphatic carbocycles. The molecule has 1 aromatic heterocycles. The molecule has 0 unspecified atom stereocenters. The Morgan fingerprint density at radius 3 is 2.45 bits per heavy atom. The highest BCUT2D eigenvalue weighted by Gasteiger charge is 2.15. The highest BCUT2D eigenvalue weighted by Crippen LogP contribution is 2.33. The lowest BCUT2D eigenvalue weighted by Crippen LogP contribution is -2.03. The predicted octanol–water partition coefficient (Wildman–Crippen LogP) is 3.61. The van der Waals surface area contributed by atoms with Crippen LogP contribution in [0.4, 0.5) is 0 Å². The Kier molecular flexibility index (Phi) is 4.60. The fourth-order valence-electron chi connectivity index (χ4n) is 1.42. The summed E-state index contributed by atoms with van der Waals surface area (Å²) in [5.41, 5.74) is 0. The molecule has 0 bridgehead atoms. The molecular weight excluding hydrogens is 296 g/mol. The van der Waals surface area contributed by atoms with E-state index in [-0.39, 0.29) is 0 Å². The van der Waals surface area contributed by atoms with Crippen LogP contribution in [0.3, 0.4) is 0 Å². The lowest BCUT2D eigenvalue weighted by Gasteiger charge is -2.01. The number of carbonyl (C=O) groups excluding carboxylic acids is 1. The minimum absolute atomic E-state index is 0.409. The average Bonchev–Trinajstić information content (AvgIpc) is 2.88. The average molecular weight is 306 g/mol. The molecular formula is C14H10O4S2. The smallest absolute Gasteiger partial charge is 0.371 e. The first-order valence-electron chi connectivity index (χ1n) is 5.56. The Labute approximate surface area is 123 Å². The molecule has 0 fully saturated rings. The van der Waals surface area contributed by atoms with Crippen LogP contribution in [0.1, 0.15) is 9.67 Å². The molecule has 0 aliphatic heterocycles. The molecule has 20 heavy (non-hydrogen) atoms. The monoisotopic (exact) mass is 306 g/mol. The molecule has 6 heteroatoms. The number of aliphatic carboxylic acids is 1. The maximum absolute atomic E-state index is 11.9. The summed E-state index contributed by atoms with van der Waals surface area (Å²) < 4.78 is 0. The molecule has 1 heterocycles. The van der Waals surface area contributed by atoms with E-state index >= 15 is 0 Å². The highest BCUT2D eigenvalue weighted by atomic mass is 32.2. The number of hydrogen-bond donors (Lipinski definition) is 2. The summed E-state index contributed by atoms with van der Waals surface area (Å²) in [4.78, 5) is 24.6. The zero-order valence-corrected chi connectivity index (χ0v) is 11.8. The molecule has 4 nitrogen and oxygen atoms in total. The van der Waals surface area contributed by atoms with E-state index in [1.807, 2.05) is 30.3 Å². The maximum Gasteiger partial charge on any atom is 0.371 e. The van der Waals surface area contributed by atoms with E-state index in [2.05, 4.69) is 0 Å². The summed E-state index contributed by atoms with van der Waals surface area (Å²) in [6.45, 7) is 0. The first-order valence-corrected chi connectivity index (χ1v) is 7.26. The number of carboxylic acid groups (broad SMARTS) is 1. The van der Waals surface area contributed by atoms with E-state index in [1.54, 1.807) is 11.4 Å². The van der Waals surface area contributed by atoms with Gasteiger partial charge in [-0.25, -0.2) is 4.79 Å².